The number of rotatable bonds is 3. The molecule has 0 saturated carbocycles. The Morgan fingerprint density at radius 2 is 2.08 bits per heavy atom. The Morgan fingerprint density at radius 3 is 2.81 bits per heavy atom. The summed E-state index contributed by atoms with van der Waals surface area (Å²) in [6.07, 6.45) is 1.51. The Bertz CT molecular complexity index is 976. The number of hydrogen-bond donors (Lipinski definition) is 1. The van der Waals surface area contributed by atoms with Gasteiger partial charge in [-0.15, -0.1) is 11.3 Å². The zero-order valence-corrected chi connectivity index (χ0v) is 16.8. The number of carboxylic acids is 1. The van der Waals surface area contributed by atoms with E-state index >= 15 is 0 Å². The minimum atomic E-state index is -0.760. The molecule has 1 aliphatic heterocycles. The first-order valence-corrected chi connectivity index (χ1v) is 10.3. The molecular formula is C18H15BrClN3O2S. The quantitative estimate of drug-likeness (QED) is 0.562. The molecule has 1 atom stereocenters. The number of carbonyl (C=O) groups is 1. The van der Waals surface area contributed by atoms with Crippen LogP contribution in [0.2, 0.25) is 5.28 Å². The average Bonchev–Trinajstić information content (AvgIpc) is 3.05. The van der Waals surface area contributed by atoms with E-state index < -0.39 is 5.97 Å². The molecule has 1 aliphatic rings. The van der Waals surface area contributed by atoms with E-state index in [0.717, 1.165) is 44.6 Å². The first-order valence-electron chi connectivity index (χ1n) is 8.21. The number of aliphatic carboxylic acids is 1. The van der Waals surface area contributed by atoms with Crippen LogP contribution < -0.4 is 4.90 Å². The van der Waals surface area contributed by atoms with Gasteiger partial charge in [0.1, 0.15) is 10.6 Å². The lowest BCUT2D eigenvalue weighted by atomic mass is 9.97. The summed E-state index contributed by atoms with van der Waals surface area (Å²) in [5.41, 5.74) is 2.11. The van der Waals surface area contributed by atoms with Gasteiger partial charge < -0.3 is 10.0 Å². The summed E-state index contributed by atoms with van der Waals surface area (Å²) in [5, 5.41) is 12.6. The van der Waals surface area contributed by atoms with Crippen LogP contribution in [-0.2, 0) is 4.79 Å². The highest BCUT2D eigenvalue weighted by Gasteiger charge is 2.28. The van der Waals surface area contributed by atoms with Gasteiger partial charge in [0.05, 0.1) is 11.3 Å². The first-order chi connectivity index (χ1) is 12.5. The molecule has 3 heterocycles. The predicted octanol–water partition coefficient (Wildman–Crippen LogP) is 5.08. The fourth-order valence-electron chi connectivity index (χ4n) is 3.34. The summed E-state index contributed by atoms with van der Waals surface area (Å²) in [5.74, 6) is -0.419. The second-order valence-corrected chi connectivity index (χ2v) is 8.39. The predicted molar refractivity (Wildman–Crippen MR) is 108 cm³/mol. The van der Waals surface area contributed by atoms with Gasteiger partial charge in [0.15, 0.2) is 0 Å². The van der Waals surface area contributed by atoms with Crippen molar-refractivity contribution in [1.82, 2.24) is 9.97 Å². The van der Waals surface area contributed by atoms with E-state index in [9.17, 15) is 9.90 Å². The molecule has 26 heavy (non-hydrogen) atoms. The molecule has 1 fully saturated rings. The van der Waals surface area contributed by atoms with E-state index in [-0.39, 0.29) is 11.2 Å². The molecule has 0 amide bonds. The molecule has 1 aromatic carbocycles. The maximum absolute atomic E-state index is 11.4. The molecule has 8 heteroatoms. The third kappa shape index (κ3) is 3.31. The topological polar surface area (TPSA) is 66.3 Å². The van der Waals surface area contributed by atoms with Gasteiger partial charge in [-0.05, 0) is 42.1 Å². The van der Waals surface area contributed by atoms with Gasteiger partial charge in [0.2, 0.25) is 5.28 Å². The lowest BCUT2D eigenvalue weighted by Gasteiger charge is -2.32. The molecule has 1 N–H and O–H groups in total. The van der Waals surface area contributed by atoms with Gasteiger partial charge in [-0.2, -0.15) is 4.98 Å². The van der Waals surface area contributed by atoms with E-state index in [1.54, 1.807) is 0 Å². The summed E-state index contributed by atoms with van der Waals surface area (Å²) >= 11 is 11.1. The number of fused-ring (bicyclic) bond motifs is 1. The Kier molecular flexibility index (Phi) is 4.86. The number of anilines is 1. The Balaban J connectivity index is 1.84. The number of aromatic nitrogens is 2. The van der Waals surface area contributed by atoms with E-state index in [1.807, 2.05) is 29.2 Å². The van der Waals surface area contributed by atoms with E-state index in [0.29, 0.717) is 13.0 Å². The lowest BCUT2D eigenvalue weighted by molar-refractivity contribution is -0.141. The Labute approximate surface area is 167 Å². The minimum absolute atomic E-state index is 0.189. The van der Waals surface area contributed by atoms with Crippen LogP contribution in [0.4, 0.5) is 5.82 Å². The smallest absolute Gasteiger partial charge is 0.308 e. The number of nitrogens with zero attached hydrogens (tertiary/aromatic N) is 3. The Morgan fingerprint density at radius 1 is 1.31 bits per heavy atom. The highest BCUT2D eigenvalue weighted by molar-refractivity contribution is 9.10. The van der Waals surface area contributed by atoms with Crippen LogP contribution in [-0.4, -0.2) is 34.1 Å². The van der Waals surface area contributed by atoms with E-state index in [1.165, 1.54) is 11.3 Å². The largest absolute Gasteiger partial charge is 0.481 e. The molecule has 0 spiro atoms. The highest BCUT2D eigenvalue weighted by atomic mass is 79.9. The van der Waals surface area contributed by atoms with Crippen molar-refractivity contribution in [2.45, 2.75) is 12.8 Å². The molecule has 0 radical (unpaired) electrons. The second kappa shape index (κ2) is 7.13. The molecule has 4 rings (SSSR count). The van der Waals surface area contributed by atoms with Crippen molar-refractivity contribution < 1.29 is 9.90 Å². The van der Waals surface area contributed by atoms with Crippen molar-refractivity contribution in [2.24, 2.45) is 5.92 Å². The molecule has 2 aromatic heterocycles. The van der Waals surface area contributed by atoms with Crippen LogP contribution in [0.5, 0.6) is 0 Å². The number of piperidine rings is 1. The molecule has 0 aliphatic carbocycles. The molecule has 134 valence electrons. The van der Waals surface area contributed by atoms with Crippen molar-refractivity contribution in [1.29, 1.82) is 0 Å². The van der Waals surface area contributed by atoms with Gasteiger partial charge in [-0.3, -0.25) is 4.79 Å². The van der Waals surface area contributed by atoms with Crippen LogP contribution >= 0.6 is 38.9 Å². The second-order valence-electron chi connectivity index (χ2n) is 6.28. The number of thiophene rings is 1. The maximum atomic E-state index is 11.4. The number of halogens is 2. The summed E-state index contributed by atoms with van der Waals surface area (Å²) in [6, 6.07) is 8.08. The van der Waals surface area contributed by atoms with Crippen LogP contribution in [0.3, 0.4) is 0 Å². The van der Waals surface area contributed by atoms with Crippen LogP contribution in [0, 0.1) is 5.92 Å². The normalized spacial score (nSPS) is 17.6. The van der Waals surface area contributed by atoms with Crippen molar-refractivity contribution >= 4 is 60.9 Å². The van der Waals surface area contributed by atoms with Crippen molar-refractivity contribution in [3.8, 4) is 11.1 Å². The van der Waals surface area contributed by atoms with Gasteiger partial charge in [-0.25, -0.2) is 4.98 Å². The number of carboxylic acid groups (broad SMARTS) is 1. The van der Waals surface area contributed by atoms with Crippen LogP contribution in [0.1, 0.15) is 12.8 Å². The lowest BCUT2D eigenvalue weighted by Crippen LogP contribution is -2.39. The zero-order chi connectivity index (χ0) is 18.3. The van der Waals surface area contributed by atoms with E-state index in [2.05, 4.69) is 31.3 Å². The molecular weight excluding hydrogens is 438 g/mol. The van der Waals surface area contributed by atoms with Crippen molar-refractivity contribution in [3.05, 3.63) is 39.4 Å². The van der Waals surface area contributed by atoms with Crippen molar-refractivity contribution in [2.75, 3.05) is 18.0 Å². The monoisotopic (exact) mass is 451 g/mol. The van der Waals surface area contributed by atoms with Crippen molar-refractivity contribution in [3.63, 3.8) is 0 Å². The minimum Gasteiger partial charge on any atom is -0.481 e. The number of hydrogen-bond acceptors (Lipinski definition) is 5. The molecule has 1 unspecified atom stereocenters. The first kappa shape index (κ1) is 17.7. The Hall–Kier alpha value is -1.70. The zero-order valence-electron chi connectivity index (χ0n) is 13.7. The fraction of sp³-hybridized carbons (Fsp3) is 0.278. The molecule has 1 saturated heterocycles. The summed E-state index contributed by atoms with van der Waals surface area (Å²) in [6.45, 7) is 1.20. The standard InChI is InChI=1S/C18H15BrClN3O2S/c19-12-5-3-10(4-6-12)13-9-26-16-14(13)15(21-18(20)22-16)23-7-1-2-11(8-23)17(24)25/h3-6,9,11H,1-2,7-8H2,(H,24,25). The fourth-order valence-corrected chi connectivity index (χ4v) is 4.76. The maximum Gasteiger partial charge on any atom is 0.308 e. The van der Waals surface area contributed by atoms with Gasteiger partial charge in [-0.1, -0.05) is 28.1 Å². The summed E-state index contributed by atoms with van der Waals surface area (Å²) in [4.78, 5) is 23.1. The molecule has 0 bridgehead atoms. The third-order valence-corrected chi connectivity index (χ3v) is 6.18. The van der Waals surface area contributed by atoms with E-state index in [4.69, 9.17) is 11.6 Å². The highest BCUT2D eigenvalue weighted by Crippen LogP contribution is 2.40. The summed E-state index contributed by atoms with van der Waals surface area (Å²) in [7, 11) is 0. The van der Waals surface area contributed by atoms with Crippen LogP contribution in [0.25, 0.3) is 21.3 Å². The molecule has 3 aromatic rings. The van der Waals surface area contributed by atoms with Gasteiger partial charge >= 0.3 is 5.97 Å². The van der Waals surface area contributed by atoms with Gasteiger partial charge in [0.25, 0.3) is 0 Å². The molecule has 5 nitrogen and oxygen atoms in total. The average molecular weight is 453 g/mol. The van der Waals surface area contributed by atoms with Crippen LogP contribution in [0.15, 0.2) is 34.1 Å². The third-order valence-electron chi connectivity index (χ3n) is 4.61. The summed E-state index contributed by atoms with van der Waals surface area (Å²) < 4.78 is 1.01. The van der Waals surface area contributed by atoms with Gasteiger partial charge in [0, 0.05) is 28.5 Å². The SMILES string of the molecule is O=C(O)C1CCCN(c2nc(Cl)nc3scc(-c4ccc(Br)cc4)c23)C1. The number of benzene rings is 1.